The molecule has 0 fully saturated rings. The standard InChI is InChI=1S/C14H18N2O4S/c1-2-15-7-9-16(10-8-15)21(19,20)13-5-3-12(4-6-13)11-14(17)18/h3-7H,2,8-11H2,1H3/p+1. The molecule has 21 heavy (non-hydrogen) atoms. The second-order valence-corrected chi connectivity index (χ2v) is 6.83. The summed E-state index contributed by atoms with van der Waals surface area (Å²) in [5.41, 5.74) is 0.587. The number of hydrogen-bond donors (Lipinski definition) is 1. The summed E-state index contributed by atoms with van der Waals surface area (Å²) >= 11 is 0. The average Bonchev–Trinajstić information content (AvgIpc) is 2.47. The molecule has 0 aliphatic carbocycles. The van der Waals surface area contributed by atoms with E-state index in [2.05, 4.69) is 4.58 Å². The van der Waals surface area contributed by atoms with Crippen LogP contribution in [0.1, 0.15) is 12.5 Å². The monoisotopic (exact) mass is 311 g/mol. The summed E-state index contributed by atoms with van der Waals surface area (Å²) in [6.07, 6.45) is 1.78. The summed E-state index contributed by atoms with van der Waals surface area (Å²) in [5, 5.41) is 8.71. The molecule has 0 spiro atoms. The molecule has 0 radical (unpaired) electrons. The molecular weight excluding hydrogens is 292 g/mol. The van der Waals surface area contributed by atoms with Gasteiger partial charge in [-0.25, -0.2) is 13.0 Å². The number of likely N-dealkylation sites (N-methyl/N-ethyl adjacent to an activating group) is 1. The number of carboxylic acids is 1. The van der Waals surface area contributed by atoms with Gasteiger partial charge in [0.1, 0.15) is 6.54 Å². The summed E-state index contributed by atoms with van der Waals surface area (Å²) in [5.74, 6) is -0.934. The van der Waals surface area contributed by atoms with E-state index in [1.54, 1.807) is 12.1 Å². The predicted octanol–water partition coefficient (Wildman–Crippen LogP) is 0.421. The van der Waals surface area contributed by atoms with Gasteiger partial charge in [-0.05, 0) is 24.6 Å². The second kappa shape index (κ2) is 6.36. The Bertz CT molecular complexity index is 650. The lowest BCUT2D eigenvalue weighted by atomic mass is 10.2. The smallest absolute Gasteiger partial charge is 0.307 e. The van der Waals surface area contributed by atoms with Gasteiger partial charge in [-0.3, -0.25) is 4.79 Å². The molecule has 0 unspecified atom stereocenters. The Morgan fingerprint density at radius 2 is 2.00 bits per heavy atom. The van der Waals surface area contributed by atoms with Gasteiger partial charge in [-0.2, -0.15) is 4.31 Å². The van der Waals surface area contributed by atoms with E-state index >= 15 is 0 Å². The number of nitrogens with zero attached hydrogens (tertiary/aromatic N) is 2. The molecule has 114 valence electrons. The van der Waals surface area contributed by atoms with Crippen molar-refractivity contribution in [1.29, 1.82) is 0 Å². The maximum absolute atomic E-state index is 12.5. The van der Waals surface area contributed by atoms with Crippen LogP contribution in [0, 0.1) is 0 Å². The number of rotatable bonds is 5. The maximum Gasteiger partial charge on any atom is 0.307 e. The van der Waals surface area contributed by atoms with Gasteiger partial charge in [0.2, 0.25) is 10.0 Å². The fourth-order valence-electron chi connectivity index (χ4n) is 2.24. The Morgan fingerprint density at radius 1 is 1.33 bits per heavy atom. The quantitative estimate of drug-likeness (QED) is 0.800. The van der Waals surface area contributed by atoms with Crippen molar-refractivity contribution in [2.45, 2.75) is 18.2 Å². The Balaban J connectivity index is 2.16. The Hall–Kier alpha value is -1.73. The molecule has 0 saturated carbocycles. The summed E-state index contributed by atoms with van der Waals surface area (Å²) in [7, 11) is -3.51. The molecule has 0 atom stereocenters. The van der Waals surface area contributed by atoms with E-state index in [-0.39, 0.29) is 11.3 Å². The molecule has 0 saturated heterocycles. The first kappa shape index (κ1) is 15.7. The van der Waals surface area contributed by atoms with Gasteiger partial charge in [0.05, 0.1) is 24.4 Å². The predicted molar refractivity (Wildman–Crippen MR) is 78.3 cm³/mol. The first-order chi connectivity index (χ1) is 9.93. The first-order valence-corrected chi connectivity index (χ1v) is 8.25. The lowest BCUT2D eigenvalue weighted by molar-refractivity contribution is -0.524. The third-order valence-corrected chi connectivity index (χ3v) is 5.38. The topological polar surface area (TPSA) is 77.7 Å². The Labute approximate surface area is 124 Å². The van der Waals surface area contributed by atoms with E-state index in [9.17, 15) is 13.2 Å². The first-order valence-electron chi connectivity index (χ1n) is 6.81. The molecular formula is C14H19N2O4S+. The molecule has 1 aromatic carbocycles. The van der Waals surface area contributed by atoms with Crippen molar-refractivity contribution < 1.29 is 22.9 Å². The van der Waals surface area contributed by atoms with Crippen molar-refractivity contribution in [1.82, 2.24) is 4.31 Å². The number of carbonyl (C=O) groups is 1. The van der Waals surface area contributed by atoms with Crippen LogP contribution in [0.5, 0.6) is 0 Å². The summed E-state index contributed by atoms with van der Waals surface area (Å²) in [6, 6.07) is 6.04. The summed E-state index contributed by atoms with van der Waals surface area (Å²) in [6.45, 7) is 4.42. The van der Waals surface area contributed by atoms with Crippen molar-refractivity contribution in [2.75, 3.05) is 26.2 Å². The molecule has 1 aromatic rings. The second-order valence-electron chi connectivity index (χ2n) is 4.89. The fourth-order valence-corrected chi connectivity index (χ4v) is 3.60. The SMILES string of the molecule is CC[N+]1=CCN(S(=O)(=O)c2ccc(CC(=O)O)cc2)CC1. The lowest BCUT2D eigenvalue weighted by Gasteiger charge is -2.22. The van der Waals surface area contributed by atoms with Crippen LogP contribution in [-0.2, 0) is 21.2 Å². The lowest BCUT2D eigenvalue weighted by Crippen LogP contribution is -2.42. The zero-order valence-electron chi connectivity index (χ0n) is 11.9. The highest BCUT2D eigenvalue weighted by atomic mass is 32.2. The molecule has 6 nitrogen and oxygen atoms in total. The molecule has 1 aliphatic rings. The maximum atomic E-state index is 12.5. The molecule has 0 amide bonds. The Kier molecular flexibility index (Phi) is 4.74. The summed E-state index contributed by atoms with van der Waals surface area (Å²) in [4.78, 5) is 10.8. The van der Waals surface area contributed by atoms with Gasteiger partial charge in [0.15, 0.2) is 12.8 Å². The third kappa shape index (κ3) is 3.68. The Morgan fingerprint density at radius 3 is 2.48 bits per heavy atom. The van der Waals surface area contributed by atoms with E-state index in [1.807, 2.05) is 13.1 Å². The molecule has 1 aliphatic heterocycles. The normalized spacial score (nSPS) is 16.5. The van der Waals surface area contributed by atoms with Crippen molar-refractivity contribution >= 4 is 22.2 Å². The van der Waals surface area contributed by atoms with E-state index < -0.39 is 16.0 Å². The molecule has 0 aromatic heterocycles. The van der Waals surface area contributed by atoms with Crippen LogP contribution in [-0.4, -0.2) is 60.8 Å². The molecule has 1 N–H and O–H groups in total. The van der Waals surface area contributed by atoms with Crippen LogP contribution in [0.15, 0.2) is 29.2 Å². The molecule has 0 bridgehead atoms. The number of aliphatic carboxylic acids is 1. The van der Waals surface area contributed by atoms with E-state index in [0.29, 0.717) is 25.2 Å². The van der Waals surface area contributed by atoms with Gasteiger partial charge in [-0.15, -0.1) is 0 Å². The van der Waals surface area contributed by atoms with Crippen LogP contribution in [0.25, 0.3) is 0 Å². The molecule has 1 heterocycles. The molecule has 2 rings (SSSR count). The van der Waals surface area contributed by atoms with Crippen molar-refractivity contribution in [2.24, 2.45) is 0 Å². The molecule has 7 heteroatoms. The van der Waals surface area contributed by atoms with Crippen LogP contribution >= 0.6 is 0 Å². The number of benzene rings is 1. The average molecular weight is 311 g/mol. The highest BCUT2D eigenvalue weighted by molar-refractivity contribution is 7.89. The highest BCUT2D eigenvalue weighted by Crippen LogP contribution is 2.17. The number of hydrogen-bond acceptors (Lipinski definition) is 3. The van der Waals surface area contributed by atoms with Crippen LogP contribution < -0.4 is 0 Å². The zero-order chi connectivity index (χ0) is 15.5. The van der Waals surface area contributed by atoms with Crippen molar-refractivity contribution in [3.63, 3.8) is 0 Å². The summed E-state index contributed by atoms with van der Waals surface area (Å²) < 4.78 is 28.5. The van der Waals surface area contributed by atoms with Gasteiger partial charge in [0.25, 0.3) is 0 Å². The van der Waals surface area contributed by atoms with Crippen molar-refractivity contribution in [3.8, 4) is 0 Å². The van der Waals surface area contributed by atoms with Crippen LogP contribution in [0.3, 0.4) is 0 Å². The third-order valence-electron chi connectivity index (χ3n) is 3.50. The van der Waals surface area contributed by atoms with E-state index in [0.717, 1.165) is 6.54 Å². The van der Waals surface area contributed by atoms with Crippen LogP contribution in [0.4, 0.5) is 0 Å². The van der Waals surface area contributed by atoms with Crippen molar-refractivity contribution in [3.05, 3.63) is 29.8 Å². The van der Waals surface area contributed by atoms with Gasteiger partial charge in [-0.1, -0.05) is 12.1 Å². The number of sulfonamides is 1. The van der Waals surface area contributed by atoms with E-state index in [4.69, 9.17) is 5.11 Å². The van der Waals surface area contributed by atoms with Gasteiger partial charge < -0.3 is 5.11 Å². The largest absolute Gasteiger partial charge is 0.481 e. The van der Waals surface area contributed by atoms with E-state index in [1.165, 1.54) is 16.4 Å². The minimum atomic E-state index is -3.51. The zero-order valence-corrected chi connectivity index (χ0v) is 12.7. The minimum Gasteiger partial charge on any atom is -0.481 e. The fraction of sp³-hybridized carbons (Fsp3) is 0.429. The van der Waals surface area contributed by atoms with Gasteiger partial charge in [0, 0.05) is 0 Å². The van der Waals surface area contributed by atoms with Crippen LogP contribution in [0.2, 0.25) is 0 Å². The minimum absolute atomic E-state index is 0.108. The van der Waals surface area contributed by atoms with Gasteiger partial charge >= 0.3 is 5.97 Å². The highest BCUT2D eigenvalue weighted by Gasteiger charge is 2.28. The number of carboxylic acid groups (broad SMARTS) is 1.